The van der Waals surface area contributed by atoms with Gasteiger partial charge in [-0.3, -0.25) is 14.5 Å². The monoisotopic (exact) mass is 386 g/mol. The molecule has 6 nitrogen and oxygen atoms in total. The van der Waals surface area contributed by atoms with Gasteiger partial charge in [0.1, 0.15) is 5.82 Å². The maximum absolute atomic E-state index is 13.2. The number of piperazine rings is 1. The van der Waals surface area contributed by atoms with Crippen LogP contribution in [0, 0.1) is 5.82 Å². The molecule has 1 saturated heterocycles. The molecule has 0 bridgehead atoms. The molecule has 1 aromatic carbocycles. The van der Waals surface area contributed by atoms with Gasteiger partial charge >= 0.3 is 0 Å². The Morgan fingerprint density at radius 2 is 1.92 bits per heavy atom. The number of benzene rings is 1. The number of hydrogen-bond donors (Lipinski definition) is 2. The van der Waals surface area contributed by atoms with Crippen LogP contribution in [0.2, 0.25) is 0 Å². The lowest BCUT2D eigenvalue weighted by Gasteiger charge is -2.38. The van der Waals surface area contributed by atoms with Gasteiger partial charge < -0.3 is 16.0 Å². The van der Waals surface area contributed by atoms with E-state index in [4.69, 9.17) is 5.73 Å². The first kappa shape index (κ1) is 22.3. The second-order valence-corrected chi connectivity index (χ2v) is 6.43. The minimum Gasteiger partial charge on any atom is -0.339 e. The summed E-state index contributed by atoms with van der Waals surface area (Å²) in [5, 5.41) is 2.73. The van der Waals surface area contributed by atoms with Crippen LogP contribution in [0.4, 0.5) is 10.1 Å². The molecule has 1 fully saturated rings. The Bertz CT molecular complexity index is 609. The van der Waals surface area contributed by atoms with Crippen LogP contribution in [-0.2, 0) is 9.59 Å². The van der Waals surface area contributed by atoms with Crippen LogP contribution in [0.3, 0.4) is 0 Å². The molecule has 2 atom stereocenters. The van der Waals surface area contributed by atoms with Crippen molar-refractivity contribution in [1.82, 2.24) is 9.80 Å². The summed E-state index contributed by atoms with van der Waals surface area (Å²) in [6.07, 6.45) is 1.57. The Balaban J connectivity index is 0.00000338. The van der Waals surface area contributed by atoms with Crippen LogP contribution in [0.25, 0.3) is 0 Å². The van der Waals surface area contributed by atoms with Crippen molar-refractivity contribution in [2.24, 2.45) is 5.73 Å². The van der Waals surface area contributed by atoms with E-state index in [1.807, 2.05) is 18.7 Å². The number of carbonyl (C=O) groups is 2. The van der Waals surface area contributed by atoms with E-state index in [0.717, 1.165) is 6.42 Å². The fraction of sp³-hybridized carbons (Fsp3) is 0.556. The Kier molecular flexibility index (Phi) is 8.98. The van der Waals surface area contributed by atoms with E-state index >= 15 is 0 Å². The van der Waals surface area contributed by atoms with Crippen LogP contribution in [0.1, 0.15) is 26.7 Å². The Morgan fingerprint density at radius 1 is 1.27 bits per heavy atom. The molecule has 26 heavy (non-hydrogen) atoms. The van der Waals surface area contributed by atoms with Crippen LogP contribution in [-0.4, -0.2) is 59.9 Å². The van der Waals surface area contributed by atoms with Crippen LogP contribution < -0.4 is 11.1 Å². The lowest BCUT2D eigenvalue weighted by Crippen LogP contribution is -2.56. The van der Waals surface area contributed by atoms with E-state index in [1.54, 1.807) is 17.0 Å². The fourth-order valence-electron chi connectivity index (χ4n) is 2.98. The molecule has 0 radical (unpaired) electrons. The average Bonchev–Trinajstić information content (AvgIpc) is 2.60. The van der Waals surface area contributed by atoms with Gasteiger partial charge in [0.2, 0.25) is 11.8 Å². The number of nitrogens with zero attached hydrogens (tertiary/aromatic N) is 2. The number of halogens is 2. The first-order chi connectivity index (χ1) is 11.9. The quantitative estimate of drug-likeness (QED) is 0.782. The van der Waals surface area contributed by atoms with Gasteiger partial charge in [-0.2, -0.15) is 0 Å². The second-order valence-electron chi connectivity index (χ2n) is 6.43. The Morgan fingerprint density at radius 3 is 2.50 bits per heavy atom. The maximum atomic E-state index is 13.2. The van der Waals surface area contributed by atoms with Gasteiger partial charge in [0.25, 0.3) is 0 Å². The topological polar surface area (TPSA) is 78.7 Å². The Hall–Kier alpha value is -1.70. The molecular weight excluding hydrogens is 359 g/mol. The highest BCUT2D eigenvalue weighted by atomic mass is 35.5. The van der Waals surface area contributed by atoms with Crippen molar-refractivity contribution in [2.75, 3.05) is 31.5 Å². The number of amides is 2. The van der Waals surface area contributed by atoms with E-state index in [1.165, 1.54) is 12.1 Å². The molecule has 0 aliphatic carbocycles. The molecule has 0 aromatic heterocycles. The van der Waals surface area contributed by atoms with Crippen LogP contribution >= 0.6 is 12.4 Å². The normalized spacial score (nSPS) is 17.2. The molecule has 8 heteroatoms. The largest absolute Gasteiger partial charge is 0.339 e. The molecule has 3 N–H and O–H groups in total. The summed E-state index contributed by atoms with van der Waals surface area (Å²) in [4.78, 5) is 28.4. The molecule has 2 amide bonds. The molecule has 2 unspecified atom stereocenters. The van der Waals surface area contributed by atoms with Crippen molar-refractivity contribution in [3.63, 3.8) is 0 Å². The van der Waals surface area contributed by atoms with E-state index < -0.39 is 6.04 Å². The van der Waals surface area contributed by atoms with Crippen molar-refractivity contribution >= 4 is 29.9 Å². The highest BCUT2D eigenvalue weighted by molar-refractivity contribution is 5.94. The minimum absolute atomic E-state index is 0. The van der Waals surface area contributed by atoms with Crippen LogP contribution in [0.5, 0.6) is 0 Å². The summed E-state index contributed by atoms with van der Waals surface area (Å²) in [6.45, 7) is 6.17. The van der Waals surface area contributed by atoms with Crippen molar-refractivity contribution in [3.05, 3.63) is 30.1 Å². The van der Waals surface area contributed by atoms with Crippen molar-refractivity contribution < 1.29 is 14.0 Å². The predicted octanol–water partition coefficient (Wildman–Crippen LogP) is 1.85. The number of nitrogens with two attached hydrogens (primary N) is 1. The molecule has 1 heterocycles. The number of rotatable bonds is 6. The van der Waals surface area contributed by atoms with E-state index in [9.17, 15) is 14.0 Å². The third-order valence-corrected chi connectivity index (χ3v) is 4.56. The molecular formula is C18H28ClFN4O2. The summed E-state index contributed by atoms with van der Waals surface area (Å²) in [6, 6.07) is 5.03. The molecule has 146 valence electrons. The van der Waals surface area contributed by atoms with Gasteiger partial charge in [0.15, 0.2) is 0 Å². The van der Waals surface area contributed by atoms with E-state index in [-0.39, 0.29) is 36.1 Å². The molecule has 2 rings (SSSR count). The van der Waals surface area contributed by atoms with E-state index in [0.29, 0.717) is 38.3 Å². The number of carbonyl (C=O) groups excluding carboxylic acids is 2. The average molecular weight is 387 g/mol. The highest BCUT2D eigenvalue weighted by Crippen LogP contribution is 2.13. The second kappa shape index (κ2) is 10.4. The summed E-state index contributed by atoms with van der Waals surface area (Å²) in [7, 11) is 0. The standard InChI is InChI=1S/C18H27FN4O2.ClH/c1-3-5-16(20)18(25)23-10-8-22(9-11-23)13(2)17(24)21-15-7-4-6-14(19)12-15;/h4,6-7,12-13,16H,3,5,8-11,20H2,1-2H3,(H,21,24);1H. The SMILES string of the molecule is CCCC(N)C(=O)N1CCN(C(C)C(=O)Nc2cccc(F)c2)CC1.Cl. The summed E-state index contributed by atoms with van der Waals surface area (Å²) in [5.74, 6) is -0.590. The van der Waals surface area contributed by atoms with Gasteiger partial charge in [0.05, 0.1) is 12.1 Å². The van der Waals surface area contributed by atoms with Gasteiger partial charge in [-0.1, -0.05) is 19.4 Å². The van der Waals surface area contributed by atoms with E-state index in [2.05, 4.69) is 5.32 Å². The van der Waals surface area contributed by atoms with Gasteiger partial charge in [-0.05, 0) is 31.5 Å². The summed E-state index contributed by atoms with van der Waals surface area (Å²) >= 11 is 0. The first-order valence-corrected chi connectivity index (χ1v) is 8.77. The zero-order chi connectivity index (χ0) is 18.4. The Labute approximate surface area is 160 Å². The summed E-state index contributed by atoms with van der Waals surface area (Å²) in [5.41, 5.74) is 6.34. The molecule has 1 aliphatic heterocycles. The third kappa shape index (κ3) is 5.93. The summed E-state index contributed by atoms with van der Waals surface area (Å²) < 4.78 is 13.2. The van der Waals surface area contributed by atoms with Gasteiger partial charge in [-0.15, -0.1) is 12.4 Å². The smallest absolute Gasteiger partial charge is 0.241 e. The zero-order valence-electron chi connectivity index (χ0n) is 15.3. The zero-order valence-corrected chi connectivity index (χ0v) is 16.1. The van der Waals surface area contributed by atoms with Crippen molar-refractivity contribution in [3.8, 4) is 0 Å². The minimum atomic E-state index is -0.440. The maximum Gasteiger partial charge on any atom is 0.241 e. The molecule has 1 aliphatic rings. The predicted molar refractivity (Wildman–Crippen MR) is 103 cm³/mol. The van der Waals surface area contributed by atoms with Gasteiger partial charge in [-0.25, -0.2) is 4.39 Å². The lowest BCUT2D eigenvalue weighted by atomic mass is 10.1. The number of nitrogens with one attached hydrogen (secondary N) is 1. The van der Waals surface area contributed by atoms with Crippen molar-refractivity contribution in [2.45, 2.75) is 38.8 Å². The molecule has 1 aromatic rings. The van der Waals surface area contributed by atoms with Crippen LogP contribution in [0.15, 0.2) is 24.3 Å². The lowest BCUT2D eigenvalue weighted by molar-refractivity contribution is -0.135. The molecule has 0 saturated carbocycles. The highest BCUT2D eigenvalue weighted by Gasteiger charge is 2.29. The van der Waals surface area contributed by atoms with Gasteiger partial charge in [0, 0.05) is 31.9 Å². The third-order valence-electron chi connectivity index (χ3n) is 4.56. The molecule has 0 spiro atoms. The first-order valence-electron chi connectivity index (χ1n) is 8.77. The fourth-order valence-corrected chi connectivity index (χ4v) is 2.98. The van der Waals surface area contributed by atoms with Crippen molar-refractivity contribution in [1.29, 1.82) is 0 Å². The number of anilines is 1. The number of hydrogen-bond acceptors (Lipinski definition) is 4.